The van der Waals surface area contributed by atoms with Crippen molar-refractivity contribution in [1.82, 2.24) is 0 Å². The summed E-state index contributed by atoms with van der Waals surface area (Å²) in [4.78, 5) is 9.96. The second-order valence-electron chi connectivity index (χ2n) is 1.44. The molecule has 0 aliphatic rings. The summed E-state index contributed by atoms with van der Waals surface area (Å²) in [6, 6.07) is 1.71. The van der Waals surface area contributed by atoms with Crippen LogP contribution in [0, 0.1) is 0 Å². The minimum atomic E-state index is -1.02. The minimum absolute atomic E-state index is 0.632. The Bertz CT molecular complexity index is 195. The van der Waals surface area contributed by atoms with E-state index in [1.165, 1.54) is 11.3 Å². The summed E-state index contributed by atoms with van der Waals surface area (Å²) < 4.78 is 0. The van der Waals surface area contributed by atoms with Crippen molar-refractivity contribution >= 4 is 23.1 Å². The van der Waals surface area contributed by atoms with Crippen LogP contribution >= 0.6 is 11.3 Å². The average Bonchev–Trinajstić information content (AvgIpc) is 2.15. The van der Waals surface area contributed by atoms with E-state index < -0.39 is 6.09 Å². The smallest absolute Gasteiger partial charge is 0.409 e. The molecule has 48 valence electrons. The number of nitrogens with one attached hydrogen (secondary N) is 1. The first-order valence-corrected chi connectivity index (χ1v) is 3.25. The van der Waals surface area contributed by atoms with Crippen molar-refractivity contribution in [3.8, 4) is 0 Å². The van der Waals surface area contributed by atoms with Crippen molar-refractivity contribution in [2.45, 2.75) is 0 Å². The summed E-state index contributed by atoms with van der Waals surface area (Å²) in [7, 11) is 0. The van der Waals surface area contributed by atoms with Crippen molar-refractivity contribution in [1.29, 1.82) is 0 Å². The number of hydrogen-bond donors (Lipinski definition) is 2. The lowest BCUT2D eigenvalue weighted by Crippen LogP contribution is -2.05. The molecule has 1 aromatic rings. The highest BCUT2D eigenvalue weighted by atomic mass is 32.1. The molecule has 0 aliphatic carbocycles. The number of rotatable bonds is 1. The van der Waals surface area contributed by atoms with Gasteiger partial charge >= 0.3 is 6.09 Å². The van der Waals surface area contributed by atoms with Gasteiger partial charge in [0.15, 0.2) is 0 Å². The van der Waals surface area contributed by atoms with Crippen molar-refractivity contribution in [3.63, 3.8) is 0 Å². The van der Waals surface area contributed by atoms with Crippen molar-refractivity contribution in [3.05, 3.63) is 16.8 Å². The molecule has 0 unspecified atom stereocenters. The molecule has 2 N–H and O–H groups in total. The Morgan fingerprint density at radius 3 is 3.00 bits per heavy atom. The number of thiophene rings is 1. The summed E-state index contributed by atoms with van der Waals surface area (Å²) in [5, 5.41) is 13.9. The van der Waals surface area contributed by atoms with Crippen LogP contribution in [0.2, 0.25) is 0 Å². The first-order valence-electron chi connectivity index (χ1n) is 2.31. The van der Waals surface area contributed by atoms with E-state index in [1.807, 2.05) is 5.38 Å². The fraction of sp³-hybridized carbons (Fsp3) is 0. The monoisotopic (exact) mass is 143 g/mol. The molecule has 9 heavy (non-hydrogen) atoms. The summed E-state index contributed by atoms with van der Waals surface area (Å²) in [5.41, 5.74) is 0.632. The first kappa shape index (κ1) is 6.10. The highest BCUT2D eigenvalue weighted by Gasteiger charge is 1.94. The first-order chi connectivity index (χ1) is 4.29. The van der Waals surface area contributed by atoms with Crippen LogP contribution in [0.15, 0.2) is 16.8 Å². The molecule has 1 rings (SSSR count). The standard InChI is InChI=1S/C5H5NO2S/c7-5(8)6-4-1-2-9-3-4/h1-3,6H,(H,7,8). The molecule has 0 spiro atoms. The summed E-state index contributed by atoms with van der Waals surface area (Å²) in [5.74, 6) is 0. The second kappa shape index (κ2) is 2.50. The highest BCUT2D eigenvalue weighted by molar-refractivity contribution is 7.08. The molecule has 0 bridgehead atoms. The molecule has 1 aromatic heterocycles. The Morgan fingerprint density at radius 1 is 1.78 bits per heavy atom. The SMILES string of the molecule is O=C(O)Nc1ccsc1. The van der Waals surface area contributed by atoms with Crippen molar-refractivity contribution < 1.29 is 9.90 Å². The minimum Gasteiger partial charge on any atom is -0.465 e. The van der Waals surface area contributed by atoms with Gasteiger partial charge in [0, 0.05) is 5.38 Å². The molecule has 1 heterocycles. The van der Waals surface area contributed by atoms with Gasteiger partial charge in [0.1, 0.15) is 0 Å². The summed E-state index contributed by atoms with van der Waals surface area (Å²) >= 11 is 1.46. The zero-order chi connectivity index (χ0) is 6.69. The number of carboxylic acid groups (broad SMARTS) is 1. The largest absolute Gasteiger partial charge is 0.465 e. The Kier molecular flexibility index (Phi) is 1.69. The Morgan fingerprint density at radius 2 is 2.56 bits per heavy atom. The molecule has 0 fully saturated rings. The highest BCUT2D eigenvalue weighted by Crippen LogP contribution is 2.10. The van der Waals surface area contributed by atoms with Crippen LogP contribution in [0.25, 0.3) is 0 Å². The van der Waals surface area contributed by atoms with Crippen LogP contribution in [0.3, 0.4) is 0 Å². The van der Waals surface area contributed by atoms with Gasteiger partial charge in [-0.05, 0) is 11.4 Å². The average molecular weight is 143 g/mol. The van der Waals surface area contributed by atoms with Gasteiger partial charge in [0.05, 0.1) is 5.69 Å². The molecule has 0 aromatic carbocycles. The second-order valence-corrected chi connectivity index (χ2v) is 2.22. The summed E-state index contributed by atoms with van der Waals surface area (Å²) in [6.07, 6.45) is -1.02. The maximum Gasteiger partial charge on any atom is 0.409 e. The number of carbonyl (C=O) groups is 1. The van der Waals surface area contributed by atoms with E-state index in [4.69, 9.17) is 5.11 Å². The van der Waals surface area contributed by atoms with Gasteiger partial charge in [-0.2, -0.15) is 11.3 Å². The molecule has 0 saturated carbocycles. The van der Waals surface area contributed by atoms with Crippen molar-refractivity contribution in [2.75, 3.05) is 5.32 Å². The predicted octanol–water partition coefficient (Wildman–Crippen LogP) is 1.84. The third-order valence-electron chi connectivity index (χ3n) is 0.772. The zero-order valence-corrected chi connectivity index (χ0v) is 5.31. The molecular weight excluding hydrogens is 138 g/mol. The molecule has 0 aliphatic heterocycles. The molecule has 3 nitrogen and oxygen atoms in total. The predicted molar refractivity (Wildman–Crippen MR) is 36.0 cm³/mol. The van der Waals surface area contributed by atoms with Crippen LogP contribution in [-0.4, -0.2) is 11.2 Å². The number of amides is 1. The van der Waals surface area contributed by atoms with Gasteiger partial charge in [-0.1, -0.05) is 0 Å². The van der Waals surface area contributed by atoms with E-state index in [9.17, 15) is 4.79 Å². The van der Waals surface area contributed by atoms with Gasteiger partial charge < -0.3 is 5.11 Å². The Labute approximate surface area is 55.9 Å². The Hall–Kier alpha value is -1.03. The van der Waals surface area contributed by atoms with Gasteiger partial charge in [-0.15, -0.1) is 0 Å². The van der Waals surface area contributed by atoms with Crippen LogP contribution < -0.4 is 5.32 Å². The fourth-order valence-electron chi connectivity index (χ4n) is 0.459. The lowest BCUT2D eigenvalue weighted by Gasteiger charge is -1.91. The van der Waals surface area contributed by atoms with Gasteiger partial charge in [0.25, 0.3) is 0 Å². The van der Waals surface area contributed by atoms with Gasteiger partial charge in [0.2, 0.25) is 0 Å². The maximum absolute atomic E-state index is 9.96. The van der Waals surface area contributed by atoms with Crippen LogP contribution in [0.4, 0.5) is 10.5 Å². The third-order valence-corrected chi connectivity index (χ3v) is 1.46. The van der Waals surface area contributed by atoms with Crippen LogP contribution in [0.1, 0.15) is 0 Å². The van der Waals surface area contributed by atoms with Crippen molar-refractivity contribution in [2.24, 2.45) is 0 Å². The van der Waals surface area contributed by atoms with E-state index in [-0.39, 0.29) is 0 Å². The number of hydrogen-bond acceptors (Lipinski definition) is 2. The van der Waals surface area contributed by atoms with E-state index in [2.05, 4.69) is 5.32 Å². The summed E-state index contributed by atoms with van der Waals surface area (Å²) in [6.45, 7) is 0. The van der Waals surface area contributed by atoms with Crippen LogP contribution in [-0.2, 0) is 0 Å². The van der Waals surface area contributed by atoms with E-state index in [0.29, 0.717) is 5.69 Å². The molecule has 0 atom stereocenters. The van der Waals surface area contributed by atoms with E-state index >= 15 is 0 Å². The van der Waals surface area contributed by atoms with E-state index in [0.717, 1.165) is 0 Å². The molecule has 0 saturated heterocycles. The normalized spacial score (nSPS) is 8.89. The Balaban J connectivity index is 2.58. The molecule has 0 radical (unpaired) electrons. The molecule has 4 heteroatoms. The fourth-order valence-corrected chi connectivity index (χ4v) is 1.05. The molecular formula is C5H5NO2S. The van der Waals surface area contributed by atoms with E-state index in [1.54, 1.807) is 11.4 Å². The lowest BCUT2D eigenvalue weighted by atomic mass is 10.5. The quantitative estimate of drug-likeness (QED) is 0.630. The molecule has 1 amide bonds. The lowest BCUT2D eigenvalue weighted by molar-refractivity contribution is 0.210. The van der Waals surface area contributed by atoms with Crippen LogP contribution in [0.5, 0.6) is 0 Å². The maximum atomic E-state index is 9.96. The zero-order valence-electron chi connectivity index (χ0n) is 4.50. The van der Waals surface area contributed by atoms with Gasteiger partial charge in [-0.3, -0.25) is 5.32 Å². The third kappa shape index (κ3) is 1.73. The number of anilines is 1. The topological polar surface area (TPSA) is 49.3 Å². The van der Waals surface area contributed by atoms with Gasteiger partial charge in [-0.25, -0.2) is 4.79 Å².